The Hall–Kier alpha value is -2.67. The van der Waals surface area contributed by atoms with Gasteiger partial charge in [0.15, 0.2) is 0 Å². The Morgan fingerprint density at radius 3 is 2.58 bits per heavy atom. The van der Waals surface area contributed by atoms with E-state index in [0.717, 1.165) is 21.3 Å². The summed E-state index contributed by atoms with van der Waals surface area (Å²) in [5.74, 6) is -0.850. The van der Waals surface area contributed by atoms with Crippen LogP contribution >= 0.6 is 15.9 Å². The number of benzene rings is 2. The molecule has 6 nitrogen and oxygen atoms in total. The van der Waals surface area contributed by atoms with Crippen LogP contribution in [0.4, 0.5) is 0 Å². The molecule has 0 saturated carbocycles. The van der Waals surface area contributed by atoms with Crippen LogP contribution in [-0.4, -0.2) is 25.1 Å². The number of nitrogens with one attached hydrogen (secondary N) is 2. The first kappa shape index (κ1) is 17.7. The van der Waals surface area contributed by atoms with Crippen LogP contribution in [0.5, 0.6) is 5.75 Å². The van der Waals surface area contributed by atoms with Gasteiger partial charge in [0.05, 0.1) is 13.3 Å². The summed E-state index contributed by atoms with van der Waals surface area (Å²) in [5.41, 5.74) is 3.84. The average Bonchev–Trinajstić information content (AvgIpc) is 2.60. The van der Waals surface area contributed by atoms with Crippen LogP contribution in [-0.2, 0) is 16.1 Å². The second kappa shape index (κ2) is 8.83. The lowest BCUT2D eigenvalue weighted by atomic mass is 10.2. The molecule has 0 aliphatic heterocycles. The van der Waals surface area contributed by atoms with Gasteiger partial charge >= 0.3 is 11.8 Å². The van der Waals surface area contributed by atoms with Crippen molar-refractivity contribution in [2.75, 3.05) is 7.11 Å². The number of rotatable bonds is 5. The summed E-state index contributed by atoms with van der Waals surface area (Å²) in [4.78, 5) is 23.4. The van der Waals surface area contributed by atoms with Gasteiger partial charge in [0.2, 0.25) is 0 Å². The van der Waals surface area contributed by atoms with Gasteiger partial charge in [0.1, 0.15) is 5.75 Å². The fraction of sp³-hybridized carbons (Fsp3) is 0.118. The Balaban J connectivity index is 1.80. The number of amides is 2. The topological polar surface area (TPSA) is 79.8 Å². The molecule has 0 heterocycles. The highest BCUT2D eigenvalue weighted by atomic mass is 79.9. The molecule has 0 fully saturated rings. The summed E-state index contributed by atoms with van der Waals surface area (Å²) in [6.07, 6.45) is 1.46. The lowest BCUT2D eigenvalue weighted by Gasteiger charge is -2.05. The standard InChI is InChI=1S/C17H16BrN3O3/c1-24-15-7-5-12(6-8-15)10-19-16(22)17(23)21-20-11-13-3-2-4-14(18)9-13/h2-9,11H,10H2,1H3,(H,19,22)(H,21,23). The Morgan fingerprint density at radius 2 is 1.92 bits per heavy atom. The number of methoxy groups -OCH3 is 1. The SMILES string of the molecule is COc1ccc(CNC(=O)C(=O)NN=Cc2cccc(Br)c2)cc1. The van der Waals surface area contributed by atoms with Crippen LogP contribution in [0.3, 0.4) is 0 Å². The Kier molecular flexibility index (Phi) is 6.51. The Labute approximate surface area is 148 Å². The molecule has 0 aliphatic rings. The third kappa shape index (κ3) is 5.51. The molecule has 0 aliphatic carbocycles. The van der Waals surface area contributed by atoms with Crippen molar-refractivity contribution in [3.05, 3.63) is 64.1 Å². The first-order chi connectivity index (χ1) is 11.6. The third-order valence-electron chi connectivity index (χ3n) is 3.05. The molecule has 0 radical (unpaired) electrons. The summed E-state index contributed by atoms with van der Waals surface area (Å²) < 4.78 is 5.95. The third-order valence-corrected chi connectivity index (χ3v) is 3.54. The number of hydrogen-bond donors (Lipinski definition) is 2. The normalized spacial score (nSPS) is 10.4. The van der Waals surface area contributed by atoms with Crippen molar-refractivity contribution in [1.82, 2.24) is 10.7 Å². The minimum Gasteiger partial charge on any atom is -0.497 e. The second-order valence-corrected chi connectivity index (χ2v) is 5.70. The Morgan fingerprint density at radius 1 is 1.17 bits per heavy atom. The number of halogens is 1. The summed E-state index contributed by atoms with van der Waals surface area (Å²) in [5, 5.41) is 6.28. The zero-order valence-corrected chi connectivity index (χ0v) is 14.5. The van der Waals surface area contributed by atoms with Crippen LogP contribution in [0.25, 0.3) is 0 Å². The van der Waals surface area contributed by atoms with E-state index in [1.165, 1.54) is 6.21 Å². The van der Waals surface area contributed by atoms with Crippen molar-refractivity contribution in [3.8, 4) is 5.75 Å². The fourth-order valence-corrected chi connectivity index (χ4v) is 2.23. The van der Waals surface area contributed by atoms with Crippen molar-refractivity contribution in [1.29, 1.82) is 0 Å². The summed E-state index contributed by atoms with van der Waals surface area (Å²) >= 11 is 3.34. The van der Waals surface area contributed by atoms with Gasteiger partial charge < -0.3 is 10.1 Å². The van der Waals surface area contributed by atoms with E-state index in [2.05, 4.69) is 31.8 Å². The molecule has 24 heavy (non-hydrogen) atoms. The zero-order valence-electron chi connectivity index (χ0n) is 13.0. The first-order valence-electron chi connectivity index (χ1n) is 7.08. The molecule has 2 rings (SSSR count). The molecule has 2 aromatic rings. The van der Waals surface area contributed by atoms with E-state index in [9.17, 15) is 9.59 Å². The quantitative estimate of drug-likeness (QED) is 0.467. The molecule has 0 bridgehead atoms. The lowest BCUT2D eigenvalue weighted by Crippen LogP contribution is -2.37. The van der Waals surface area contributed by atoms with Gasteiger partial charge in [0.25, 0.3) is 0 Å². The van der Waals surface area contributed by atoms with E-state index in [1.807, 2.05) is 36.4 Å². The lowest BCUT2D eigenvalue weighted by molar-refractivity contribution is -0.139. The van der Waals surface area contributed by atoms with E-state index in [4.69, 9.17) is 4.74 Å². The minimum atomic E-state index is -0.824. The van der Waals surface area contributed by atoms with Gasteiger partial charge in [-0.3, -0.25) is 9.59 Å². The van der Waals surface area contributed by atoms with Crippen molar-refractivity contribution in [2.24, 2.45) is 5.10 Å². The molecule has 0 saturated heterocycles. The number of nitrogens with zero attached hydrogens (tertiary/aromatic N) is 1. The minimum absolute atomic E-state index is 0.242. The van der Waals surface area contributed by atoms with Crippen molar-refractivity contribution < 1.29 is 14.3 Å². The molecule has 2 aromatic carbocycles. The van der Waals surface area contributed by atoms with E-state index < -0.39 is 11.8 Å². The van der Waals surface area contributed by atoms with Crippen molar-refractivity contribution in [2.45, 2.75) is 6.54 Å². The average molecular weight is 390 g/mol. The van der Waals surface area contributed by atoms with E-state index in [1.54, 1.807) is 19.2 Å². The maximum atomic E-state index is 11.7. The molecule has 0 aromatic heterocycles. The zero-order chi connectivity index (χ0) is 17.4. The molecular formula is C17H16BrN3O3. The van der Waals surface area contributed by atoms with Crippen LogP contribution < -0.4 is 15.5 Å². The molecule has 124 valence electrons. The van der Waals surface area contributed by atoms with Crippen molar-refractivity contribution in [3.63, 3.8) is 0 Å². The maximum absolute atomic E-state index is 11.7. The number of ether oxygens (including phenoxy) is 1. The number of carbonyl (C=O) groups excluding carboxylic acids is 2. The van der Waals surface area contributed by atoms with Gasteiger partial charge in [-0.1, -0.05) is 40.2 Å². The van der Waals surface area contributed by atoms with Gasteiger partial charge in [-0.2, -0.15) is 5.10 Å². The van der Waals surface area contributed by atoms with Crippen LogP contribution in [0.2, 0.25) is 0 Å². The highest BCUT2D eigenvalue weighted by molar-refractivity contribution is 9.10. The smallest absolute Gasteiger partial charge is 0.329 e. The van der Waals surface area contributed by atoms with Crippen LogP contribution in [0.15, 0.2) is 58.1 Å². The van der Waals surface area contributed by atoms with Gasteiger partial charge in [-0.25, -0.2) is 5.43 Å². The molecule has 0 unspecified atom stereocenters. The molecule has 0 spiro atoms. The summed E-state index contributed by atoms with van der Waals surface area (Å²) in [6, 6.07) is 14.6. The van der Waals surface area contributed by atoms with Gasteiger partial charge in [0, 0.05) is 11.0 Å². The largest absolute Gasteiger partial charge is 0.497 e. The summed E-state index contributed by atoms with van der Waals surface area (Å²) in [6.45, 7) is 0.242. The second-order valence-electron chi connectivity index (χ2n) is 4.78. The monoisotopic (exact) mass is 389 g/mol. The predicted molar refractivity (Wildman–Crippen MR) is 94.7 cm³/mol. The number of hydrazone groups is 1. The maximum Gasteiger partial charge on any atom is 0.329 e. The molecule has 2 amide bonds. The van der Waals surface area contributed by atoms with Gasteiger partial charge in [-0.15, -0.1) is 0 Å². The van der Waals surface area contributed by atoms with E-state index >= 15 is 0 Å². The summed E-state index contributed by atoms with van der Waals surface area (Å²) in [7, 11) is 1.58. The number of carbonyl (C=O) groups is 2. The van der Waals surface area contributed by atoms with Crippen molar-refractivity contribution >= 4 is 34.0 Å². The number of hydrogen-bond acceptors (Lipinski definition) is 4. The highest BCUT2D eigenvalue weighted by Crippen LogP contribution is 2.11. The molecule has 7 heteroatoms. The highest BCUT2D eigenvalue weighted by Gasteiger charge is 2.11. The predicted octanol–water partition coefficient (Wildman–Crippen LogP) is 2.22. The molecule has 2 N–H and O–H groups in total. The van der Waals surface area contributed by atoms with E-state index in [0.29, 0.717) is 0 Å². The molecular weight excluding hydrogens is 374 g/mol. The van der Waals surface area contributed by atoms with Crippen LogP contribution in [0.1, 0.15) is 11.1 Å². The van der Waals surface area contributed by atoms with Crippen LogP contribution in [0, 0.1) is 0 Å². The first-order valence-corrected chi connectivity index (χ1v) is 7.87. The van der Waals surface area contributed by atoms with E-state index in [-0.39, 0.29) is 6.54 Å². The van der Waals surface area contributed by atoms with Gasteiger partial charge in [-0.05, 0) is 35.4 Å². The molecule has 0 atom stereocenters. The fourth-order valence-electron chi connectivity index (χ4n) is 1.81. The Bertz CT molecular complexity index is 745.